The Bertz CT molecular complexity index is 6210. The number of fused-ring (bicyclic) bond motifs is 4. The number of aliphatic hydroxyl groups is 2. The molecule has 0 saturated carbocycles. The molecule has 133 heavy (non-hydrogen) atoms. The third-order valence-electron chi connectivity index (χ3n) is 21.4. The van der Waals surface area contributed by atoms with Crippen LogP contribution in [0.25, 0.3) is 145 Å². The molecule has 13 nitrogen and oxygen atoms in total. The fourth-order valence-corrected chi connectivity index (χ4v) is 16.3. The van der Waals surface area contributed by atoms with Crippen LogP contribution < -0.4 is 5.19 Å². The van der Waals surface area contributed by atoms with Crippen LogP contribution in [-0.2, 0) is 96.4 Å². The summed E-state index contributed by atoms with van der Waals surface area (Å²) in [5, 5.41) is 23.8. The van der Waals surface area contributed by atoms with Gasteiger partial charge in [-0.05, 0) is 123 Å². The van der Waals surface area contributed by atoms with E-state index in [1.165, 1.54) is 47.9 Å². The third kappa shape index (κ3) is 30.8. The largest absolute Gasteiger partial charge is 0.512 e. The zero-order valence-corrected chi connectivity index (χ0v) is 87.9. The molecule has 9 aromatic heterocycles. The van der Waals surface area contributed by atoms with Crippen molar-refractivity contribution in [2.75, 3.05) is 0 Å². The SMILES string of the molecule is CC(=O)C=C(C)O.CC(C)Cc1cc(-c2[c-]cccc2)ncc1[Si](C)(C)C.CCC(CC)C(=O)C=C(O)C(CC)CC.Cc1[c-]c(-c2cc3cc(-c4ccc(C)cc4)oc3cn2)cc(C)c1.[Ir].[Ir].[Ir].[Ir].[c-]1ccccc1-c1cc2cc(-c3ccccc3)oc2cn1.[c-]1ccccc1-c1cc2cc(-c3ccccc3)oc2cn1.[c-]1ccccc1-c1cc2oc(-c3ccccc3)cc2cn1. The first-order chi connectivity index (χ1) is 62.4. The summed E-state index contributed by atoms with van der Waals surface area (Å²) in [4.78, 5) is 44.4. The number of hydrogen-bond donors (Lipinski definition) is 2. The molecule has 2 N–H and O–H groups in total. The summed E-state index contributed by atoms with van der Waals surface area (Å²) in [6.07, 6.45) is 16.5. The van der Waals surface area contributed by atoms with Gasteiger partial charge in [0.25, 0.3) is 0 Å². The number of ketones is 2. The van der Waals surface area contributed by atoms with Crippen LogP contribution in [-0.4, -0.2) is 54.8 Å². The molecule has 0 bridgehead atoms. The van der Waals surface area contributed by atoms with Crippen molar-refractivity contribution in [1.82, 2.24) is 24.9 Å². The molecule has 0 atom stereocenters. The standard InChI is InChI=1S/C22H18NO.3C19H12NO.C18H24NSi.C13H24O2.C5H8O2.4Ir/c1-14-4-6-17(7-5-14)21-12-19-11-20(23-13-22(19)24-21)18-9-15(2)8-16(3)10-18;1-3-7-14(8-4-1)17-12-19-16(13-20-17)11-18(21-19)15-9-5-2-6-10-15;2*1-3-7-14(8-4-1)17-11-16-12-18(21-19(16)13-20-17)15-9-5-2-6-10-15;1-14(2)11-16-12-17(15-9-7-6-8-10-15)19-13-18(16)20(3,4)5;1-5-10(6-2)12(14)9-13(15)11(7-3)8-4;1-4(6)3-5(2)7;;;;/h4-9,11-13H,1-3H3;3*1-7,9-13H;6-9,12-14H,11H2,1-5H3;9-11,14H,5-8H2,1-4H3;3,6H,1-2H3;;;;/q5*-1;;;;;;. The number of carbonyl (C=O) groups excluding carboxylic acids is 2. The topological polar surface area (TPSA) is 192 Å². The van der Waals surface area contributed by atoms with E-state index >= 15 is 0 Å². The minimum atomic E-state index is -1.34. The number of hydrogen-bond acceptors (Lipinski definition) is 13. The number of aromatic nitrogens is 5. The fraction of sp³-hybridized carbons (Fsp3) is 0.191. The second-order valence-corrected chi connectivity index (χ2v) is 38.2. The molecule has 18 heteroatoms. The van der Waals surface area contributed by atoms with Gasteiger partial charge in [0.1, 0.15) is 28.6 Å². The number of nitrogens with zero attached hydrogens (tertiary/aromatic N) is 5. The van der Waals surface area contributed by atoms with E-state index in [1.807, 2.05) is 240 Å². The van der Waals surface area contributed by atoms with Gasteiger partial charge in [-0.3, -0.25) is 9.59 Å². The normalized spacial score (nSPS) is 11.0. The van der Waals surface area contributed by atoms with Gasteiger partial charge in [-0.25, -0.2) is 0 Å². The maximum absolute atomic E-state index is 11.7. The summed E-state index contributed by atoms with van der Waals surface area (Å²) in [6, 6.07) is 109. The Kier molecular flexibility index (Phi) is 42.1. The number of aliphatic hydroxyl groups excluding tert-OH is 2. The van der Waals surface area contributed by atoms with Crippen molar-refractivity contribution in [3.8, 4) is 102 Å². The first-order valence-corrected chi connectivity index (χ1v) is 47.4. The summed E-state index contributed by atoms with van der Waals surface area (Å²) in [7, 11) is -1.34. The van der Waals surface area contributed by atoms with Crippen LogP contribution in [0.15, 0.2) is 351 Å². The second kappa shape index (κ2) is 52.5. The van der Waals surface area contributed by atoms with Crippen LogP contribution >= 0.6 is 0 Å². The molecule has 4 radical (unpaired) electrons. The van der Waals surface area contributed by atoms with Crippen molar-refractivity contribution in [3.05, 3.63) is 386 Å². The molecule has 18 rings (SSSR count). The molecule has 0 spiro atoms. The van der Waals surface area contributed by atoms with Gasteiger partial charge >= 0.3 is 0 Å². The first kappa shape index (κ1) is 106. The Morgan fingerprint density at radius 2 is 0.729 bits per heavy atom. The summed E-state index contributed by atoms with van der Waals surface area (Å²) in [5.41, 5.74) is 22.3. The number of rotatable bonds is 20. The van der Waals surface area contributed by atoms with Crippen LogP contribution in [0, 0.1) is 68.9 Å². The van der Waals surface area contributed by atoms with Crippen molar-refractivity contribution >= 4 is 68.7 Å². The summed E-state index contributed by atoms with van der Waals surface area (Å²) in [5.74, 6) is 4.61. The van der Waals surface area contributed by atoms with Gasteiger partial charge in [0.15, 0.2) is 28.3 Å². The third-order valence-corrected chi connectivity index (χ3v) is 23.5. The smallest absolute Gasteiger partial charge is 0.162 e. The predicted octanol–water partition coefficient (Wildman–Crippen LogP) is 30.0. The number of benzene rings is 9. The van der Waals surface area contributed by atoms with Crippen LogP contribution in [0.2, 0.25) is 19.6 Å². The zero-order valence-electron chi connectivity index (χ0n) is 77.3. The minimum Gasteiger partial charge on any atom is -0.512 e. The summed E-state index contributed by atoms with van der Waals surface area (Å²) in [6.45, 7) is 28.9. The van der Waals surface area contributed by atoms with E-state index in [9.17, 15) is 14.7 Å². The summed E-state index contributed by atoms with van der Waals surface area (Å²) < 4.78 is 23.7. The molecule has 9 heterocycles. The van der Waals surface area contributed by atoms with Crippen LogP contribution in [0.4, 0.5) is 0 Å². The van der Waals surface area contributed by atoms with Gasteiger partial charge < -0.3 is 52.8 Å². The van der Waals surface area contributed by atoms with Crippen molar-refractivity contribution < 1.29 is 118 Å². The van der Waals surface area contributed by atoms with E-state index in [0.29, 0.717) is 5.92 Å². The minimum absolute atomic E-state index is 0. The van der Waals surface area contributed by atoms with Crippen LogP contribution in [0.1, 0.15) is 103 Å². The van der Waals surface area contributed by atoms with Crippen LogP contribution in [0.5, 0.6) is 0 Å². The monoisotopic (exact) mass is 2490 g/mol. The Balaban J connectivity index is 0.000000193. The molecule has 0 saturated heterocycles. The molecule has 0 aliphatic rings. The van der Waals surface area contributed by atoms with Gasteiger partial charge in [-0.15, -0.1) is 178 Å². The molecular weight excluding hydrogens is 2380 g/mol. The van der Waals surface area contributed by atoms with E-state index in [0.717, 1.165) is 183 Å². The van der Waals surface area contributed by atoms with Gasteiger partial charge in [0, 0.05) is 161 Å². The molecule has 9 aromatic carbocycles. The van der Waals surface area contributed by atoms with E-state index < -0.39 is 8.07 Å². The van der Waals surface area contributed by atoms with Crippen molar-refractivity contribution in [3.63, 3.8) is 0 Å². The van der Waals surface area contributed by atoms with E-state index in [2.05, 4.69) is 189 Å². The molecule has 0 aliphatic heterocycles. The first-order valence-electron chi connectivity index (χ1n) is 43.9. The summed E-state index contributed by atoms with van der Waals surface area (Å²) >= 11 is 0. The van der Waals surface area contributed by atoms with Gasteiger partial charge in [0.05, 0.1) is 38.2 Å². The maximum atomic E-state index is 11.7. The number of furan rings is 4. The molecule has 18 aromatic rings. The average Bonchev–Trinajstić information content (AvgIpc) is 1.80. The Hall–Kier alpha value is -11.9. The van der Waals surface area contributed by atoms with Crippen molar-refractivity contribution in [1.29, 1.82) is 0 Å². The van der Waals surface area contributed by atoms with Gasteiger partial charge in [-0.2, -0.15) is 0 Å². The van der Waals surface area contributed by atoms with Crippen LogP contribution in [0.3, 0.4) is 0 Å². The van der Waals surface area contributed by atoms with E-state index in [4.69, 9.17) is 22.8 Å². The molecule has 0 aliphatic carbocycles. The Morgan fingerprint density at radius 1 is 0.376 bits per heavy atom. The number of carbonyl (C=O) groups is 2. The predicted molar refractivity (Wildman–Crippen MR) is 530 cm³/mol. The van der Waals surface area contributed by atoms with E-state index in [-0.39, 0.29) is 115 Å². The molecular formula is C115H110Ir4N5O8Si-5. The molecule has 0 amide bonds. The average molecular weight is 2490 g/mol. The number of allylic oxidation sites excluding steroid dienone is 4. The van der Waals surface area contributed by atoms with Gasteiger partial charge in [0.2, 0.25) is 0 Å². The Labute approximate surface area is 837 Å². The number of pyridine rings is 5. The van der Waals surface area contributed by atoms with Gasteiger partial charge in [-0.1, -0.05) is 226 Å². The maximum Gasteiger partial charge on any atom is 0.162 e. The van der Waals surface area contributed by atoms with Crippen molar-refractivity contribution in [2.24, 2.45) is 17.8 Å². The quantitative estimate of drug-likeness (QED) is 0.0317. The molecule has 0 unspecified atom stereocenters. The van der Waals surface area contributed by atoms with E-state index in [1.54, 1.807) is 18.6 Å². The molecule has 688 valence electrons. The molecule has 0 fully saturated rings. The zero-order chi connectivity index (χ0) is 91.4. The second-order valence-electron chi connectivity index (χ2n) is 33.2. The number of aryl methyl sites for hydroxylation is 3. The fourth-order valence-electron chi connectivity index (χ4n) is 14.7. The Morgan fingerprint density at radius 3 is 1.08 bits per heavy atom. The van der Waals surface area contributed by atoms with Crippen molar-refractivity contribution in [2.45, 2.75) is 128 Å².